The average Bonchev–Trinajstić information content (AvgIpc) is 2.91. The van der Waals surface area contributed by atoms with Crippen molar-refractivity contribution in [2.75, 3.05) is 6.54 Å². The van der Waals surface area contributed by atoms with Crippen LogP contribution in [0.2, 0.25) is 0 Å². The van der Waals surface area contributed by atoms with E-state index in [2.05, 4.69) is 35.1 Å². The van der Waals surface area contributed by atoms with Gasteiger partial charge in [-0.3, -0.25) is 4.79 Å². The van der Waals surface area contributed by atoms with Crippen LogP contribution in [0.3, 0.4) is 0 Å². The molecular weight excluding hydrogens is 256 g/mol. The van der Waals surface area contributed by atoms with Gasteiger partial charge < -0.3 is 10.6 Å². The molecule has 1 heterocycles. The van der Waals surface area contributed by atoms with E-state index in [0.717, 1.165) is 19.4 Å². The molecule has 1 aliphatic rings. The Morgan fingerprint density at radius 3 is 2.63 bits per heavy atom. The topological polar surface area (TPSA) is 41.1 Å². The van der Waals surface area contributed by atoms with Crippen molar-refractivity contribution in [1.29, 1.82) is 0 Å². The third-order valence-corrected chi connectivity index (χ3v) is 4.98. The van der Waals surface area contributed by atoms with Crippen LogP contribution in [0.4, 0.5) is 0 Å². The van der Waals surface area contributed by atoms with Crippen LogP contribution in [0, 0.1) is 0 Å². The molecule has 1 amide bonds. The van der Waals surface area contributed by atoms with Crippen molar-refractivity contribution in [3.63, 3.8) is 0 Å². The highest BCUT2D eigenvalue weighted by Crippen LogP contribution is 2.22. The van der Waals surface area contributed by atoms with Gasteiger partial charge in [-0.25, -0.2) is 0 Å². The smallest absolute Gasteiger partial charge is 0.217 e. The fourth-order valence-corrected chi connectivity index (χ4v) is 3.53. The number of hydrogen-bond donors (Lipinski definition) is 2. The molecule has 19 heavy (non-hydrogen) atoms. The number of amides is 1. The lowest BCUT2D eigenvalue weighted by atomic mass is 9.91. The van der Waals surface area contributed by atoms with Gasteiger partial charge in [0.15, 0.2) is 0 Å². The summed E-state index contributed by atoms with van der Waals surface area (Å²) in [6.07, 6.45) is 4.54. The van der Waals surface area contributed by atoms with Gasteiger partial charge >= 0.3 is 0 Å². The van der Waals surface area contributed by atoms with Crippen molar-refractivity contribution in [2.45, 2.75) is 57.5 Å². The van der Waals surface area contributed by atoms with Crippen LogP contribution in [-0.2, 0) is 4.79 Å². The van der Waals surface area contributed by atoms with Gasteiger partial charge in [-0.2, -0.15) is 0 Å². The first kappa shape index (κ1) is 14.5. The Kier molecular flexibility index (Phi) is 5.40. The Morgan fingerprint density at radius 2 is 2.05 bits per heavy atom. The summed E-state index contributed by atoms with van der Waals surface area (Å²) in [5.41, 5.74) is 0. The minimum absolute atomic E-state index is 0.0997. The third kappa shape index (κ3) is 4.62. The summed E-state index contributed by atoms with van der Waals surface area (Å²) in [4.78, 5) is 12.5. The van der Waals surface area contributed by atoms with E-state index in [1.807, 2.05) is 11.3 Å². The molecule has 106 valence electrons. The first-order valence-electron chi connectivity index (χ1n) is 7.19. The molecule has 4 heteroatoms. The van der Waals surface area contributed by atoms with Crippen molar-refractivity contribution in [2.24, 2.45) is 0 Å². The molecule has 3 nitrogen and oxygen atoms in total. The van der Waals surface area contributed by atoms with Gasteiger partial charge in [-0.05, 0) is 37.1 Å². The summed E-state index contributed by atoms with van der Waals surface area (Å²) in [5, 5.41) is 8.85. The van der Waals surface area contributed by atoms with Crippen molar-refractivity contribution in [3.05, 3.63) is 22.4 Å². The zero-order valence-electron chi connectivity index (χ0n) is 11.8. The number of rotatable bonds is 5. The van der Waals surface area contributed by atoms with Crippen LogP contribution in [0.25, 0.3) is 0 Å². The molecule has 0 radical (unpaired) electrons. The standard InChI is InChI=1S/C15H24N2OS/c1-11(15-4-3-9-19-15)10-16-13-5-7-14(8-6-13)17-12(2)18/h3-4,9,11,13-14,16H,5-8,10H2,1-2H3,(H,17,18). The SMILES string of the molecule is CC(=O)NC1CCC(NCC(C)c2cccs2)CC1. The first-order valence-corrected chi connectivity index (χ1v) is 8.07. The lowest BCUT2D eigenvalue weighted by molar-refractivity contribution is -0.119. The van der Waals surface area contributed by atoms with Crippen molar-refractivity contribution >= 4 is 17.2 Å². The minimum Gasteiger partial charge on any atom is -0.354 e. The molecule has 1 aliphatic carbocycles. The first-order chi connectivity index (χ1) is 9.15. The van der Waals surface area contributed by atoms with Gasteiger partial charge in [0.2, 0.25) is 5.91 Å². The Hall–Kier alpha value is -0.870. The molecule has 2 rings (SSSR count). The third-order valence-electron chi connectivity index (χ3n) is 3.88. The average molecular weight is 280 g/mol. The summed E-state index contributed by atoms with van der Waals surface area (Å²) in [6.45, 7) is 4.94. The maximum absolute atomic E-state index is 11.0. The summed E-state index contributed by atoms with van der Waals surface area (Å²) < 4.78 is 0. The molecular formula is C15H24N2OS. The largest absolute Gasteiger partial charge is 0.354 e. The number of carbonyl (C=O) groups is 1. The molecule has 1 aromatic heterocycles. The molecule has 1 fully saturated rings. The van der Waals surface area contributed by atoms with Crippen LogP contribution in [0.1, 0.15) is 50.3 Å². The maximum atomic E-state index is 11.0. The molecule has 1 aromatic rings. The number of nitrogens with one attached hydrogen (secondary N) is 2. The second-order valence-corrected chi connectivity index (χ2v) is 6.55. The quantitative estimate of drug-likeness (QED) is 0.871. The van der Waals surface area contributed by atoms with Gasteiger partial charge in [0.05, 0.1) is 0 Å². The Bertz CT molecular complexity index is 383. The van der Waals surface area contributed by atoms with Crippen LogP contribution in [0.15, 0.2) is 17.5 Å². The van der Waals surface area contributed by atoms with Crippen LogP contribution in [0.5, 0.6) is 0 Å². The highest BCUT2D eigenvalue weighted by molar-refractivity contribution is 7.10. The lowest BCUT2D eigenvalue weighted by Gasteiger charge is -2.30. The predicted octanol–water partition coefficient (Wildman–Crippen LogP) is 2.89. The van der Waals surface area contributed by atoms with E-state index in [4.69, 9.17) is 0 Å². The van der Waals surface area contributed by atoms with Gasteiger partial charge in [-0.15, -0.1) is 11.3 Å². The van der Waals surface area contributed by atoms with Gasteiger partial charge in [0.25, 0.3) is 0 Å². The molecule has 1 saturated carbocycles. The van der Waals surface area contributed by atoms with Crippen LogP contribution >= 0.6 is 11.3 Å². The normalized spacial score (nSPS) is 24.9. The Labute approximate surface area is 119 Å². The van der Waals surface area contributed by atoms with E-state index < -0.39 is 0 Å². The molecule has 0 saturated heterocycles. The molecule has 0 spiro atoms. The fourth-order valence-electron chi connectivity index (χ4n) is 2.75. The Morgan fingerprint density at radius 1 is 1.37 bits per heavy atom. The summed E-state index contributed by atoms with van der Waals surface area (Å²) in [6, 6.07) is 5.34. The fraction of sp³-hybridized carbons (Fsp3) is 0.667. The zero-order valence-corrected chi connectivity index (χ0v) is 12.6. The maximum Gasteiger partial charge on any atom is 0.217 e. The van der Waals surface area contributed by atoms with E-state index in [1.165, 1.54) is 17.7 Å². The number of carbonyl (C=O) groups excluding carboxylic acids is 1. The molecule has 1 atom stereocenters. The molecule has 0 bridgehead atoms. The summed E-state index contributed by atoms with van der Waals surface area (Å²) in [5.74, 6) is 0.691. The summed E-state index contributed by atoms with van der Waals surface area (Å²) >= 11 is 1.84. The van der Waals surface area contributed by atoms with Crippen molar-refractivity contribution in [1.82, 2.24) is 10.6 Å². The van der Waals surface area contributed by atoms with E-state index >= 15 is 0 Å². The van der Waals surface area contributed by atoms with Crippen molar-refractivity contribution < 1.29 is 4.79 Å². The minimum atomic E-state index is 0.0997. The number of hydrogen-bond acceptors (Lipinski definition) is 3. The molecule has 1 unspecified atom stereocenters. The second-order valence-electron chi connectivity index (χ2n) is 5.57. The highest BCUT2D eigenvalue weighted by Gasteiger charge is 2.21. The van der Waals surface area contributed by atoms with E-state index in [1.54, 1.807) is 6.92 Å². The van der Waals surface area contributed by atoms with E-state index in [9.17, 15) is 4.79 Å². The van der Waals surface area contributed by atoms with Crippen LogP contribution < -0.4 is 10.6 Å². The van der Waals surface area contributed by atoms with Gasteiger partial charge in [-0.1, -0.05) is 13.0 Å². The van der Waals surface area contributed by atoms with Crippen LogP contribution in [-0.4, -0.2) is 24.5 Å². The molecule has 0 aliphatic heterocycles. The molecule has 2 N–H and O–H groups in total. The monoisotopic (exact) mass is 280 g/mol. The number of thiophene rings is 1. The van der Waals surface area contributed by atoms with E-state index in [-0.39, 0.29) is 5.91 Å². The predicted molar refractivity (Wildman–Crippen MR) is 80.6 cm³/mol. The zero-order chi connectivity index (χ0) is 13.7. The second kappa shape index (κ2) is 7.06. The van der Waals surface area contributed by atoms with E-state index in [0.29, 0.717) is 18.0 Å². The van der Waals surface area contributed by atoms with Gasteiger partial charge in [0.1, 0.15) is 0 Å². The van der Waals surface area contributed by atoms with Gasteiger partial charge in [0, 0.05) is 36.3 Å². The molecule has 0 aromatic carbocycles. The highest BCUT2D eigenvalue weighted by atomic mass is 32.1. The summed E-state index contributed by atoms with van der Waals surface area (Å²) in [7, 11) is 0. The lowest BCUT2D eigenvalue weighted by Crippen LogP contribution is -2.42. The Balaban J connectivity index is 1.67. The van der Waals surface area contributed by atoms with Crippen molar-refractivity contribution in [3.8, 4) is 0 Å².